The van der Waals surface area contributed by atoms with Gasteiger partial charge >= 0.3 is 0 Å². The van der Waals surface area contributed by atoms with E-state index < -0.39 is 8.11 Å². The Morgan fingerprint density at radius 2 is 0.966 bits per heavy atom. The lowest BCUT2D eigenvalue weighted by atomic mass is 10.0. The first kappa shape index (κ1) is 26.8. The van der Waals surface area contributed by atoms with Gasteiger partial charge in [0.15, 0.2) is 0 Å². The Morgan fingerprint density at radius 1 is 0.552 bits per heavy atom. The van der Waals surface area contributed by atoms with Crippen LogP contribution in [0, 0.1) is 0 Å². The molecule has 0 nitrogen and oxygen atoms in total. The van der Waals surface area contributed by atoms with Crippen LogP contribution in [-0.4, -0.2) is 8.11 Å². The Bertz CT molecular complexity index is 433. The van der Waals surface area contributed by atoms with Crippen LogP contribution in [0.15, 0.2) is 30.3 Å². The Balaban J connectivity index is 1.74. The fourth-order valence-corrected chi connectivity index (χ4v) is 6.82. The number of rotatable bonds is 21. The smallest absolute Gasteiger partial charge is 0.141 e. The molecule has 1 aromatic rings. The zero-order valence-corrected chi connectivity index (χ0v) is 21.4. The molecule has 0 aromatic heterocycles. The Labute approximate surface area is 189 Å². The van der Waals surface area contributed by atoms with Gasteiger partial charge < -0.3 is 0 Å². The first-order valence-electron chi connectivity index (χ1n) is 13.0. The average molecular weight is 437 g/mol. The largest absolute Gasteiger partial charge is 0.172 e. The molecule has 0 spiro atoms. The van der Waals surface area contributed by atoms with Crippen molar-refractivity contribution in [1.82, 2.24) is 0 Å². The fraction of sp³-hybridized carbons (Fsp3) is 0.778. The molecule has 0 saturated heterocycles. The van der Waals surface area contributed by atoms with Gasteiger partial charge in [-0.3, -0.25) is 0 Å². The first-order valence-corrected chi connectivity index (χ1v) is 16.4. The van der Waals surface area contributed by atoms with Crippen molar-refractivity contribution in [2.75, 3.05) is 0 Å². The maximum atomic E-state index is 6.65. The van der Waals surface area contributed by atoms with Gasteiger partial charge in [-0.2, -0.15) is 11.1 Å². The zero-order valence-electron chi connectivity index (χ0n) is 19.5. The second kappa shape index (κ2) is 21.0. The van der Waals surface area contributed by atoms with E-state index in [1.54, 1.807) is 0 Å². The third-order valence-electron chi connectivity index (χ3n) is 6.20. The van der Waals surface area contributed by atoms with Crippen LogP contribution in [0.2, 0.25) is 12.1 Å². The minimum atomic E-state index is -0.964. The van der Waals surface area contributed by atoms with E-state index in [-0.39, 0.29) is 0 Å². The van der Waals surface area contributed by atoms with Gasteiger partial charge in [-0.1, -0.05) is 146 Å². The summed E-state index contributed by atoms with van der Waals surface area (Å²) >= 11 is 6.65. The molecule has 1 aromatic carbocycles. The molecule has 1 atom stereocenters. The summed E-state index contributed by atoms with van der Waals surface area (Å²) in [6.45, 7) is 2.30. The van der Waals surface area contributed by atoms with Crippen LogP contribution in [-0.2, 0) is 6.42 Å². The standard InChI is InChI=1S/C27H49ClSi/c1-2-3-4-5-6-7-8-9-10-11-12-13-14-15-16-20-25-29(28)26-21-24-27-22-18-17-19-23-27/h17-19,22-23,29H,2-16,20-21,24-26H2,1H3. The summed E-state index contributed by atoms with van der Waals surface area (Å²) in [7, 11) is -0.964. The van der Waals surface area contributed by atoms with E-state index in [4.69, 9.17) is 11.1 Å². The monoisotopic (exact) mass is 436 g/mol. The number of unbranched alkanes of at least 4 members (excludes halogenated alkanes) is 15. The van der Waals surface area contributed by atoms with E-state index in [1.165, 1.54) is 133 Å². The van der Waals surface area contributed by atoms with E-state index in [0.717, 1.165) is 0 Å². The first-order chi connectivity index (χ1) is 14.3. The molecule has 1 rings (SSSR count). The summed E-state index contributed by atoms with van der Waals surface area (Å²) in [5.41, 5.74) is 1.47. The lowest BCUT2D eigenvalue weighted by Gasteiger charge is -2.08. The number of benzene rings is 1. The van der Waals surface area contributed by atoms with E-state index in [2.05, 4.69) is 37.3 Å². The fourth-order valence-electron chi connectivity index (χ4n) is 4.23. The van der Waals surface area contributed by atoms with Crippen molar-refractivity contribution in [3.8, 4) is 0 Å². The molecule has 0 fully saturated rings. The van der Waals surface area contributed by atoms with Crippen LogP contribution < -0.4 is 0 Å². The number of aryl methyl sites for hydroxylation is 1. The van der Waals surface area contributed by atoms with Crippen LogP contribution in [0.1, 0.15) is 122 Å². The van der Waals surface area contributed by atoms with E-state index >= 15 is 0 Å². The van der Waals surface area contributed by atoms with Gasteiger partial charge in [-0.05, 0) is 24.1 Å². The van der Waals surface area contributed by atoms with Crippen molar-refractivity contribution in [2.24, 2.45) is 0 Å². The zero-order chi connectivity index (χ0) is 20.8. The molecule has 1 unspecified atom stereocenters. The molecule has 0 radical (unpaired) electrons. The van der Waals surface area contributed by atoms with Gasteiger partial charge in [-0.15, -0.1) is 0 Å². The van der Waals surface area contributed by atoms with Crippen LogP contribution in [0.4, 0.5) is 0 Å². The summed E-state index contributed by atoms with van der Waals surface area (Å²) in [5.74, 6) is 0. The predicted octanol–water partition coefficient (Wildman–Crippen LogP) is 9.84. The maximum absolute atomic E-state index is 6.65. The molecular weight excluding hydrogens is 388 g/mol. The summed E-state index contributed by atoms with van der Waals surface area (Å²) < 4.78 is 0. The van der Waals surface area contributed by atoms with Gasteiger partial charge in [0, 0.05) is 0 Å². The molecule has 0 aliphatic rings. The molecule has 0 saturated carbocycles. The highest BCUT2D eigenvalue weighted by molar-refractivity contribution is 7.06. The van der Waals surface area contributed by atoms with Crippen LogP contribution in [0.3, 0.4) is 0 Å². The molecule has 0 amide bonds. The highest BCUT2D eigenvalue weighted by Gasteiger charge is 2.06. The van der Waals surface area contributed by atoms with Gasteiger partial charge in [0.25, 0.3) is 0 Å². The predicted molar refractivity (Wildman–Crippen MR) is 137 cm³/mol. The second-order valence-electron chi connectivity index (χ2n) is 9.07. The van der Waals surface area contributed by atoms with Gasteiger partial charge in [-0.25, -0.2) is 0 Å². The summed E-state index contributed by atoms with van der Waals surface area (Å²) in [4.78, 5) is 0. The normalized spacial score (nSPS) is 12.3. The topological polar surface area (TPSA) is 0 Å². The minimum Gasteiger partial charge on any atom is -0.172 e. The average Bonchev–Trinajstić information content (AvgIpc) is 2.74. The molecule has 0 bridgehead atoms. The molecule has 0 aliphatic heterocycles. The molecular formula is C27H49ClSi. The molecule has 0 heterocycles. The summed E-state index contributed by atoms with van der Waals surface area (Å²) in [6.07, 6.45) is 25.6. The maximum Gasteiger partial charge on any atom is 0.141 e. The Hall–Kier alpha value is -0.273. The van der Waals surface area contributed by atoms with Crippen molar-refractivity contribution >= 4 is 19.2 Å². The van der Waals surface area contributed by atoms with E-state index in [9.17, 15) is 0 Å². The van der Waals surface area contributed by atoms with Gasteiger partial charge in [0.1, 0.15) is 8.11 Å². The van der Waals surface area contributed by atoms with Crippen molar-refractivity contribution in [1.29, 1.82) is 0 Å². The highest BCUT2D eigenvalue weighted by atomic mass is 35.6. The minimum absolute atomic E-state index is 0.964. The molecule has 0 aliphatic carbocycles. The molecule has 2 heteroatoms. The molecule has 168 valence electrons. The van der Waals surface area contributed by atoms with Crippen molar-refractivity contribution in [3.05, 3.63) is 35.9 Å². The van der Waals surface area contributed by atoms with Gasteiger partial charge in [0.2, 0.25) is 0 Å². The molecule has 29 heavy (non-hydrogen) atoms. The Kier molecular flexibility index (Phi) is 19.4. The third-order valence-corrected chi connectivity index (χ3v) is 9.58. The van der Waals surface area contributed by atoms with Crippen molar-refractivity contribution < 1.29 is 0 Å². The van der Waals surface area contributed by atoms with E-state index in [0.29, 0.717) is 0 Å². The van der Waals surface area contributed by atoms with Crippen LogP contribution in [0.5, 0.6) is 0 Å². The van der Waals surface area contributed by atoms with Crippen LogP contribution in [0.25, 0.3) is 0 Å². The second-order valence-corrected chi connectivity index (χ2v) is 13.3. The van der Waals surface area contributed by atoms with Crippen LogP contribution >= 0.6 is 11.1 Å². The number of halogens is 1. The lowest BCUT2D eigenvalue weighted by Crippen LogP contribution is -2.03. The lowest BCUT2D eigenvalue weighted by molar-refractivity contribution is 0.531. The summed E-state index contributed by atoms with van der Waals surface area (Å²) in [6, 6.07) is 13.5. The van der Waals surface area contributed by atoms with Gasteiger partial charge in [0.05, 0.1) is 0 Å². The van der Waals surface area contributed by atoms with Crippen molar-refractivity contribution in [3.63, 3.8) is 0 Å². The molecule has 0 N–H and O–H groups in total. The SMILES string of the molecule is CCCCCCCCCCCCCCCCCC[SiH](Cl)CCCc1ccccc1. The van der Waals surface area contributed by atoms with E-state index in [1.807, 2.05) is 0 Å². The third kappa shape index (κ3) is 18.2. The number of hydrogen-bond acceptors (Lipinski definition) is 0. The Morgan fingerprint density at radius 3 is 1.45 bits per heavy atom. The quantitative estimate of drug-likeness (QED) is 0.102. The van der Waals surface area contributed by atoms with Crippen molar-refractivity contribution in [2.45, 2.75) is 135 Å². The number of hydrogen-bond donors (Lipinski definition) is 0. The highest BCUT2D eigenvalue weighted by Crippen LogP contribution is 2.17. The summed E-state index contributed by atoms with van der Waals surface area (Å²) in [5, 5.41) is 0.